The zero-order valence-corrected chi connectivity index (χ0v) is 19.5. The monoisotopic (exact) mass is 424 g/mol. The van der Waals surface area contributed by atoms with Gasteiger partial charge in [-0.05, 0) is 45.7 Å². The van der Waals surface area contributed by atoms with Crippen molar-refractivity contribution in [3.8, 4) is 0 Å². The Morgan fingerprint density at radius 1 is 1.00 bits per heavy atom. The third kappa shape index (κ3) is 7.08. The van der Waals surface area contributed by atoms with Gasteiger partial charge in [-0.25, -0.2) is 4.79 Å². The first-order chi connectivity index (χ1) is 14.7. The molecule has 1 fully saturated rings. The van der Waals surface area contributed by atoms with Crippen LogP contribution in [-0.2, 0) is 22.6 Å². The Labute approximate surface area is 187 Å². The highest BCUT2D eigenvalue weighted by Crippen LogP contribution is 2.23. The molecule has 3 atom stereocenters. The molecule has 2 aromatic rings. The van der Waals surface area contributed by atoms with Crippen LogP contribution in [0.5, 0.6) is 0 Å². The molecule has 1 saturated heterocycles. The zero-order chi connectivity index (χ0) is 22.4. The Morgan fingerprint density at radius 3 is 2.00 bits per heavy atom. The maximum atomic E-state index is 13.0. The maximum Gasteiger partial charge on any atom is 0.410 e. The lowest BCUT2D eigenvalue weighted by molar-refractivity contribution is -0.110. The summed E-state index contributed by atoms with van der Waals surface area (Å²) < 4.78 is 11.9. The van der Waals surface area contributed by atoms with Crippen molar-refractivity contribution < 1.29 is 14.3 Å². The number of ether oxygens (including phenoxy) is 2. The molecule has 1 aliphatic rings. The third-order valence-electron chi connectivity index (χ3n) is 5.41. The van der Waals surface area contributed by atoms with Crippen molar-refractivity contribution in [2.75, 3.05) is 13.1 Å². The second-order valence-electron chi connectivity index (χ2n) is 9.49. The van der Waals surface area contributed by atoms with Gasteiger partial charge in [-0.15, -0.1) is 0 Å². The molecule has 0 aliphatic carbocycles. The Morgan fingerprint density at radius 2 is 1.52 bits per heavy atom. The number of carbonyl (C=O) groups is 1. The van der Waals surface area contributed by atoms with Gasteiger partial charge in [0.2, 0.25) is 0 Å². The van der Waals surface area contributed by atoms with Crippen LogP contribution in [0.4, 0.5) is 4.79 Å². The van der Waals surface area contributed by atoms with Gasteiger partial charge in [0.15, 0.2) is 0 Å². The largest absolute Gasteiger partial charge is 0.444 e. The fraction of sp³-hybridized carbons (Fsp3) is 0.500. The summed E-state index contributed by atoms with van der Waals surface area (Å²) in [4.78, 5) is 17.3. The van der Waals surface area contributed by atoms with Gasteiger partial charge >= 0.3 is 6.09 Å². The average Bonchev–Trinajstić information content (AvgIpc) is 2.70. The molecule has 5 heteroatoms. The summed E-state index contributed by atoms with van der Waals surface area (Å²) >= 11 is 0. The standard InChI is InChI=1S/C26H36N2O3/c1-20-16-28(25(29)31-26(3,4)5)24(21(2)30-20)19-27(17-22-12-8-6-9-13-22)18-23-14-10-7-11-15-23/h6-15,20-21,24H,16-19H2,1-5H3/t20-,21-,24+/m0/s1. The first-order valence-corrected chi connectivity index (χ1v) is 11.2. The summed E-state index contributed by atoms with van der Waals surface area (Å²) in [5.74, 6) is 0. The molecule has 1 amide bonds. The third-order valence-corrected chi connectivity index (χ3v) is 5.41. The number of morpholine rings is 1. The highest BCUT2D eigenvalue weighted by Gasteiger charge is 2.38. The SMILES string of the molecule is C[C@@H]1O[C@@H](C)CN(C(=O)OC(C)(C)C)[C@@H]1CN(Cc1ccccc1)Cc1ccccc1. The molecule has 1 heterocycles. The van der Waals surface area contributed by atoms with E-state index in [1.165, 1.54) is 11.1 Å². The van der Waals surface area contributed by atoms with Gasteiger partial charge in [0.05, 0.1) is 24.8 Å². The predicted octanol–water partition coefficient (Wildman–Crippen LogP) is 5.10. The number of hydrogen-bond donors (Lipinski definition) is 0. The molecule has 3 rings (SSSR count). The van der Waals surface area contributed by atoms with Crippen LogP contribution in [0.15, 0.2) is 60.7 Å². The van der Waals surface area contributed by atoms with Gasteiger partial charge in [0.1, 0.15) is 5.60 Å². The van der Waals surface area contributed by atoms with E-state index in [1.54, 1.807) is 0 Å². The van der Waals surface area contributed by atoms with Crippen LogP contribution in [-0.4, -0.2) is 52.8 Å². The van der Waals surface area contributed by atoms with E-state index in [4.69, 9.17) is 9.47 Å². The molecule has 0 radical (unpaired) electrons. The van der Waals surface area contributed by atoms with Gasteiger partial charge in [0.25, 0.3) is 0 Å². The molecular formula is C26H36N2O3. The topological polar surface area (TPSA) is 42.0 Å². The van der Waals surface area contributed by atoms with Crippen LogP contribution >= 0.6 is 0 Å². The Hall–Kier alpha value is -2.37. The number of carbonyl (C=O) groups excluding carboxylic acids is 1. The van der Waals surface area contributed by atoms with Gasteiger partial charge in [-0.2, -0.15) is 0 Å². The highest BCUT2D eigenvalue weighted by atomic mass is 16.6. The van der Waals surface area contributed by atoms with E-state index in [0.717, 1.165) is 13.1 Å². The van der Waals surface area contributed by atoms with Crippen LogP contribution in [0, 0.1) is 0 Å². The Bertz CT molecular complexity index is 778. The number of amides is 1. The van der Waals surface area contributed by atoms with Gasteiger partial charge in [-0.1, -0.05) is 60.7 Å². The second kappa shape index (κ2) is 10.3. The molecule has 5 nitrogen and oxygen atoms in total. The van der Waals surface area contributed by atoms with Crippen molar-refractivity contribution >= 4 is 6.09 Å². The summed E-state index contributed by atoms with van der Waals surface area (Å²) in [5.41, 5.74) is 1.97. The normalized spacial score (nSPS) is 21.9. The van der Waals surface area contributed by atoms with Crippen LogP contribution < -0.4 is 0 Å². The van der Waals surface area contributed by atoms with Crippen LogP contribution in [0.1, 0.15) is 45.7 Å². The van der Waals surface area contributed by atoms with Crippen molar-refractivity contribution in [2.45, 2.75) is 71.6 Å². The minimum absolute atomic E-state index is 0.0181. The molecule has 0 saturated carbocycles. The van der Waals surface area contributed by atoms with E-state index in [-0.39, 0.29) is 24.3 Å². The average molecular weight is 425 g/mol. The van der Waals surface area contributed by atoms with Gasteiger partial charge in [-0.3, -0.25) is 9.80 Å². The summed E-state index contributed by atoms with van der Waals surface area (Å²) in [7, 11) is 0. The molecule has 168 valence electrons. The van der Waals surface area contributed by atoms with E-state index in [1.807, 2.05) is 44.7 Å². The summed E-state index contributed by atoms with van der Waals surface area (Å²) in [6, 6.07) is 20.8. The predicted molar refractivity (Wildman–Crippen MR) is 124 cm³/mol. The summed E-state index contributed by atoms with van der Waals surface area (Å²) in [6.45, 7) is 12.6. The molecule has 0 aromatic heterocycles. The summed E-state index contributed by atoms with van der Waals surface area (Å²) in [6.07, 6.45) is -0.361. The van der Waals surface area contributed by atoms with Crippen molar-refractivity contribution in [1.29, 1.82) is 0 Å². The Balaban J connectivity index is 1.82. The van der Waals surface area contributed by atoms with Crippen LogP contribution in [0.3, 0.4) is 0 Å². The molecule has 0 unspecified atom stereocenters. The first-order valence-electron chi connectivity index (χ1n) is 11.2. The minimum atomic E-state index is -0.528. The van der Waals surface area contributed by atoms with Crippen molar-refractivity contribution in [3.05, 3.63) is 71.8 Å². The van der Waals surface area contributed by atoms with Crippen molar-refractivity contribution in [1.82, 2.24) is 9.80 Å². The van der Waals surface area contributed by atoms with Gasteiger partial charge in [0, 0.05) is 19.6 Å². The molecule has 2 aromatic carbocycles. The number of rotatable bonds is 6. The molecule has 0 bridgehead atoms. The summed E-state index contributed by atoms with van der Waals surface area (Å²) in [5, 5.41) is 0. The quantitative estimate of drug-likeness (QED) is 0.647. The first kappa shape index (κ1) is 23.3. The number of hydrogen-bond acceptors (Lipinski definition) is 4. The maximum absolute atomic E-state index is 13.0. The van der Waals surface area contributed by atoms with Crippen LogP contribution in [0.25, 0.3) is 0 Å². The fourth-order valence-corrected chi connectivity index (χ4v) is 4.08. The van der Waals surface area contributed by atoms with E-state index >= 15 is 0 Å². The van der Waals surface area contributed by atoms with Crippen molar-refractivity contribution in [2.24, 2.45) is 0 Å². The fourth-order valence-electron chi connectivity index (χ4n) is 4.08. The molecule has 0 spiro atoms. The smallest absolute Gasteiger partial charge is 0.410 e. The van der Waals surface area contributed by atoms with E-state index in [9.17, 15) is 4.79 Å². The molecule has 0 N–H and O–H groups in total. The minimum Gasteiger partial charge on any atom is -0.444 e. The molecular weight excluding hydrogens is 388 g/mol. The Kier molecular flexibility index (Phi) is 7.74. The lowest BCUT2D eigenvalue weighted by Gasteiger charge is -2.44. The van der Waals surface area contributed by atoms with Crippen LogP contribution in [0.2, 0.25) is 0 Å². The second-order valence-corrected chi connectivity index (χ2v) is 9.49. The highest BCUT2D eigenvalue weighted by molar-refractivity contribution is 5.69. The van der Waals surface area contributed by atoms with Crippen molar-refractivity contribution in [3.63, 3.8) is 0 Å². The zero-order valence-electron chi connectivity index (χ0n) is 19.5. The lowest BCUT2D eigenvalue weighted by atomic mass is 10.0. The molecule has 1 aliphatic heterocycles. The number of nitrogens with zero attached hydrogens (tertiary/aromatic N) is 2. The van der Waals surface area contributed by atoms with Gasteiger partial charge < -0.3 is 9.47 Å². The molecule has 31 heavy (non-hydrogen) atoms. The number of benzene rings is 2. The van der Waals surface area contributed by atoms with E-state index in [2.05, 4.69) is 60.4 Å². The lowest BCUT2D eigenvalue weighted by Crippen LogP contribution is -2.59. The van der Waals surface area contributed by atoms with E-state index in [0.29, 0.717) is 13.1 Å². The van der Waals surface area contributed by atoms with E-state index < -0.39 is 5.60 Å².